The number of ether oxygens (including phenoxy) is 2. The molecule has 0 aromatic rings. The Morgan fingerprint density at radius 1 is 1.45 bits per heavy atom. The predicted molar refractivity (Wildman–Crippen MR) is 110 cm³/mol. The summed E-state index contributed by atoms with van der Waals surface area (Å²) in [6.45, 7) is 7.95. The zero-order valence-electron chi connectivity index (χ0n) is 18.1. The van der Waals surface area contributed by atoms with E-state index >= 15 is 0 Å². The van der Waals surface area contributed by atoms with Crippen molar-refractivity contribution in [2.75, 3.05) is 13.7 Å². The van der Waals surface area contributed by atoms with E-state index in [2.05, 4.69) is 10.9 Å². The van der Waals surface area contributed by atoms with Crippen LogP contribution in [0.5, 0.6) is 0 Å². The molecule has 0 spiro atoms. The maximum absolute atomic E-state index is 13.5. The first-order valence-corrected chi connectivity index (χ1v) is 10.3. The normalized spacial score (nSPS) is 30.5. The van der Waals surface area contributed by atoms with Gasteiger partial charge in [-0.15, -0.1) is 4.91 Å². The van der Waals surface area contributed by atoms with Crippen LogP contribution < -0.4 is 0 Å². The summed E-state index contributed by atoms with van der Waals surface area (Å²) in [5, 5.41) is 2.89. The molecule has 2 fully saturated rings. The second-order valence-corrected chi connectivity index (χ2v) is 8.06. The van der Waals surface area contributed by atoms with Gasteiger partial charge >= 0.3 is 0 Å². The third-order valence-electron chi connectivity index (χ3n) is 5.99. The second kappa shape index (κ2) is 10.1. The molecular weight excluding hydrogens is 372 g/mol. The molecule has 4 unspecified atom stereocenters. The van der Waals surface area contributed by atoms with Crippen molar-refractivity contribution < 1.29 is 19.1 Å². The molecule has 0 saturated carbocycles. The monoisotopic (exact) mass is 404 g/mol. The second-order valence-electron chi connectivity index (χ2n) is 8.06. The number of allylic oxidation sites excluding steroid dienone is 2. The number of carbonyl (C=O) groups is 2. The van der Waals surface area contributed by atoms with Crippen LogP contribution >= 0.6 is 0 Å². The van der Waals surface area contributed by atoms with E-state index in [1.807, 2.05) is 13.8 Å². The van der Waals surface area contributed by atoms with Crippen molar-refractivity contribution in [1.82, 2.24) is 4.90 Å². The number of hydrogen-bond donors (Lipinski definition) is 0. The number of methoxy groups -OCH3 is 1. The van der Waals surface area contributed by atoms with Crippen molar-refractivity contribution in [3.8, 4) is 0 Å². The molecule has 2 aliphatic heterocycles. The Hall–Kier alpha value is -2.08. The minimum atomic E-state index is -0.781. The summed E-state index contributed by atoms with van der Waals surface area (Å²) < 4.78 is 11.4. The fourth-order valence-corrected chi connectivity index (χ4v) is 4.24. The largest absolute Gasteiger partial charge is 0.385 e. The van der Waals surface area contributed by atoms with Crippen molar-refractivity contribution in [3.05, 3.63) is 34.3 Å². The number of Topliss-reactive ketones (excluding diaryl/α,β-unsaturated/α-hetero) is 2. The van der Waals surface area contributed by atoms with Crippen LogP contribution in [0.1, 0.15) is 59.8 Å². The summed E-state index contributed by atoms with van der Waals surface area (Å²) in [6.07, 6.45) is 5.70. The van der Waals surface area contributed by atoms with Crippen molar-refractivity contribution >= 4 is 11.6 Å². The van der Waals surface area contributed by atoms with Crippen LogP contribution in [0.4, 0.5) is 0 Å². The van der Waals surface area contributed by atoms with Gasteiger partial charge in [0.25, 0.3) is 0 Å². The third-order valence-corrected chi connectivity index (χ3v) is 5.99. The van der Waals surface area contributed by atoms with E-state index in [1.165, 1.54) is 0 Å². The molecule has 160 valence electrons. The van der Waals surface area contributed by atoms with E-state index in [1.54, 1.807) is 32.1 Å². The molecule has 2 aliphatic rings. The lowest BCUT2D eigenvalue weighted by Crippen LogP contribution is -2.62. The number of hydrogen-bond acceptors (Lipinski definition) is 7. The molecule has 7 nitrogen and oxygen atoms in total. The summed E-state index contributed by atoms with van der Waals surface area (Å²) in [5.74, 6) is -0.195. The molecule has 4 atom stereocenters. The van der Waals surface area contributed by atoms with E-state index in [0.29, 0.717) is 31.4 Å². The Balaban J connectivity index is 2.51. The molecule has 0 radical (unpaired) electrons. The quantitative estimate of drug-likeness (QED) is 0.264. The van der Waals surface area contributed by atoms with Gasteiger partial charge in [-0.05, 0) is 51.6 Å². The molecular formula is C22H32N2O5. The van der Waals surface area contributed by atoms with Crippen LogP contribution in [0.15, 0.2) is 34.6 Å². The van der Waals surface area contributed by atoms with Gasteiger partial charge < -0.3 is 14.4 Å². The Morgan fingerprint density at radius 3 is 2.79 bits per heavy atom. The van der Waals surface area contributed by atoms with Gasteiger partial charge in [0.15, 0.2) is 11.6 Å². The summed E-state index contributed by atoms with van der Waals surface area (Å²) >= 11 is 0. The lowest BCUT2D eigenvalue weighted by molar-refractivity contribution is -0.169. The average molecular weight is 405 g/mol. The Morgan fingerprint density at radius 2 is 2.17 bits per heavy atom. The zero-order chi connectivity index (χ0) is 21.6. The van der Waals surface area contributed by atoms with Crippen LogP contribution in [-0.2, 0) is 19.1 Å². The number of fused-ring (bicyclic) bond motifs is 1. The van der Waals surface area contributed by atoms with E-state index in [9.17, 15) is 14.5 Å². The highest BCUT2D eigenvalue weighted by molar-refractivity contribution is 6.01. The first-order valence-electron chi connectivity index (χ1n) is 10.3. The van der Waals surface area contributed by atoms with Gasteiger partial charge in [0, 0.05) is 31.9 Å². The number of nitroso groups, excluding NO2 is 1. The van der Waals surface area contributed by atoms with Gasteiger partial charge in [0.05, 0.1) is 29.9 Å². The van der Waals surface area contributed by atoms with Crippen LogP contribution in [0, 0.1) is 10.3 Å². The first-order chi connectivity index (χ1) is 13.8. The van der Waals surface area contributed by atoms with Crippen LogP contribution in [0.25, 0.3) is 0 Å². The molecule has 0 aromatic heterocycles. The van der Waals surface area contributed by atoms with E-state index in [4.69, 9.17) is 9.47 Å². The Labute approximate surface area is 172 Å². The van der Waals surface area contributed by atoms with Gasteiger partial charge in [-0.1, -0.05) is 12.7 Å². The van der Waals surface area contributed by atoms with Crippen molar-refractivity contribution in [1.29, 1.82) is 0 Å². The lowest BCUT2D eigenvalue weighted by Gasteiger charge is -2.53. The number of piperidine rings is 1. The van der Waals surface area contributed by atoms with Crippen LogP contribution in [-0.4, -0.2) is 48.4 Å². The van der Waals surface area contributed by atoms with E-state index in [-0.39, 0.29) is 35.5 Å². The molecule has 7 heteroatoms. The summed E-state index contributed by atoms with van der Waals surface area (Å²) in [7, 11) is 1.63. The predicted octanol–water partition coefficient (Wildman–Crippen LogP) is 3.89. The Kier molecular flexibility index (Phi) is 8.08. The molecule has 2 rings (SSSR count). The fourth-order valence-electron chi connectivity index (χ4n) is 4.24. The van der Waals surface area contributed by atoms with Gasteiger partial charge in [0.1, 0.15) is 5.70 Å². The molecule has 2 saturated heterocycles. The van der Waals surface area contributed by atoms with Gasteiger partial charge in [-0.2, -0.15) is 0 Å². The number of rotatable bonds is 8. The highest BCUT2D eigenvalue weighted by Crippen LogP contribution is 2.46. The topological polar surface area (TPSA) is 85.3 Å². The van der Waals surface area contributed by atoms with Crippen molar-refractivity contribution in [2.24, 2.45) is 10.6 Å². The maximum Gasteiger partial charge on any atom is 0.189 e. The summed E-state index contributed by atoms with van der Waals surface area (Å²) in [6, 6.07) is -0.138. The minimum absolute atomic E-state index is 0.0156. The van der Waals surface area contributed by atoms with Crippen molar-refractivity contribution in [3.63, 3.8) is 0 Å². The van der Waals surface area contributed by atoms with Crippen LogP contribution in [0.2, 0.25) is 0 Å². The molecule has 2 heterocycles. The maximum atomic E-state index is 13.5. The van der Waals surface area contributed by atoms with Crippen LogP contribution in [0.3, 0.4) is 0 Å². The molecule has 0 N–H and O–H groups in total. The lowest BCUT2D eigenvalue weighted by atomic mass is 9.67. The van der Waals surface area contributed by atoms with E-state index < -0.39 is 5.41 Å². The van der Waals surface area contributed by atoms with E-state index in [0.717, 1.165) is 19.0 Å². The van der Waals surface area contributed by atoms with Gasteiger partial charge in [-0.3, -0.25) is 9.59 Å². The Bertz CT molecular complexity index is 737. The van der Waals surface area contributed by atoms with Gasteiger partial charge in [-0.25, -0.2) is 0 Å². The third kappa shape index (κ3) is 4.92. The number of carbonyl (C=O) groups excluding carboxylic acids is 2. The highest BCUT2D eigenvalue weighted by atomic mass is 16.5. The fraction of sp³-hybridized carbons (Fsp3) is 0.682. The van der Waals surface area contributed by atoms with Crippen molar-refractivity contribution in [2.45, 2.75) is 78.0 Å². The molecule has 0 aliphatic carbocycles. The molecule has 0 aromatic carbocycles. The summed E-state index contributed by atoms with van der Waals surface area (Å²) in [5.41, 5.74) is 2.92. The molecule has 0 amide bonds. The number of ketones is 2. The SMILES string of the molecule is CCC(=O)C(C)=C=CN1/C(=C/N=O)C(=O)C(C)(CCCOC)C2OC(C)CCC21. The smallest absolute Gasteiger partial charge is 0.189 e. The minimum Gasteiger partial charge on any atom is -0.385 e. The zero-order valence-corrected chi connectivity index (χ0v) is 18.1. The average Bonchev–Trinajstić information content (AvgIpc) is 2.71. The van der Waals surface area contributed by atoms with Gasteiger partial charge in [0.2, 0.25) is 0 Å². The number of nitrogens with zero attached hydrogens (tertiary/aromatic N) is 2. The summed E-state index contributed by atoms with van der Waals surface area (Å²) in [4.78, 5) is 38.2. The standard InChI is InChI=1S/C22H32N2O5/c1-6-19(25)15(2)10-12-24-17-9-8-16(3)29-21(17)22(4,11-7-13-28-5)20(26)18(24)14-23-27/h12,14,16-17,21H,6-9,11,13H2,1-5H3/b18-14+. The molecule has 0 bridgehead atoms. The molecule has 29 heavy (non-hydrogen) atoms. The highest BCUT2D eigenvalue weighted by Gasteiger charge is 2.55. The number of likely N-dealkylation sites (tertiary alicyclic amines) is 1. The first kappa shape index (κ1) is 23.2.